The van der Waals surface area contributed by atoms with E-state index in [9.17, 15) is 0 Å². The molecule has 1 heterocycles. The average Bonchev–Trinajstić information content (AvgIpc) is 2.33. The minimum atomic E-state index is 0.327. The van der Waals surface area contributed by atoms with Gasteiger partial charge in [0.1, 0.15) is 10.8 Å². The van der Waals surface area contributed by atoms with Crippen LogP contribution in [0.2, 0.25) is 5.02 Å². The highest BCUT2D eigenvalue weighted by atomic mass is 35.5. The number of hydrogen-bond acceptors (Lipinski definition) is 3. The number of nitrogens with zero attached hydrogens (tertiary/aromatic N) is 1. The van der Waals surface area contributed by atoms with Crippen LogP contribution >= 0.6 is 23.8 Å². The van der Waals surface area contributed by atoms with Crippen LogP contribution < -0.4 is 11.1 Å². The van der Waals surface area contributed by atoms with Gasteiger partial charge in [0, 0.05) is 16.9 Å². The van der Waals surface area contributed by atoms with Crippen LogP contribution in [0.1, 0.15) is 16.7 Å². The van der Waals surface area contributed by atoms with Gasteiger partial charge in [0.15, 0.2) is 0 Å². The normalized spacial score (nSPS) is 10.3. The Hall–Kier alpha value is -1.65. The predicted molar refractivity (Wildman–Crippen MR) is 84.3 cm³/mol. The molecule has 98 valence electrons. The van der Waals surface area contributed by atoms with Gasteiger partial charge in [-0.05, 0) is 43.2 Å². The molecule has 0 saturated carbocycles. The average molecular weight is 292 g/mol. The highest BCUT2D eigenvalue weighted by Crippen LogP contribution is 2.26. The second-order valence-electron chi connectivity index (χ2n) is 4.30. The standard InChI is InChI=1S/C14H14ClN3S/c1-8-3-4-10(15)7-11(8)18-14-12(13(16)19)9(2)5-6-17-14/h3-7H,1-2H3,(H2,16,19)(H,17,18). The number of pyridine rings is 1. The number of aryl methyl sites for hydroxylation is 2. The van der Waals surface area contributed by atoms with Crippen LogP contribution in [0.5, 0.6) is 0 Å². The number of hydrogen-bond donors (Lipinski definition) is 2. The topological polar surface area (TPSA) is 50.9 Å². The summed E-state index contributed by atoms with van der Waals surface area (Å²) in [6, 6.07) is 7.52. The molecule has 0 amide bonds. The molecule has 0 aliphatic heterocycles. The number of aromatic nitrogens is 1. The maximum atomic E-state index is 6.01. The first kappa shape index (κ1) is 13.8. The Balaban J connectivity index is 2.46. The molecule has 0 unspecified atom stereocenters. The zero-order chi connectivity index (χ0) is 14.0. The highest BCUT2D eigenvalue weighted by molar-refractivity contribution is 7.80. The van der Waals surface area contributed by atoms with Crippen molar-refractivity contribution in [3.05, 3.63) is 52.2 Å². The Labute approximate surface area is 122 Å². The van der Waals surface area contributed by atoms with Crippen molar-refractivity contribution in [2.75, 3.05) is 5.32 Å². The number of anilines is 2. The molecule has 0 saturated heterocycles. The van der Waals surface area contributed by atoms with Crippen molar-refractivity contribution < 1.29 is 0 Å². The fourth-order valence-corrected chi connectivity index (χ4v) is 2.25. The second kappa shape index (κ2) is 5.55. The molecule has 0 bridgehead atoms. The summed E-state index contributed by atoms with van der Waals surface area (Å²) in [6.45, 7) is 3.95. The smallest absolute Gasteiger partial charge is 0.140 e. The number of thiocarbonyl (C=S) groups is 1. The van der Waals surface area contributed by atoms with Crippen LogP contribution in [-0.4, -0.2) is 9.97 Å². The Morgan fingerprint density at radius 1 is 1.26 bits per heavy atom. The number of nitrogens with two attached hydrogens (primary N) is 1. The molecule has 0 aliphatic carbocycles. The highest BCUT2D eigenvalue weighted by Gasteiger charge is 2.11. The van der Waals surface area contributed by atoms with E-state index in [4.69, 9.17) is 29.6 Å². The van der Waals surface area contributed by atoms with Crippen molar-refractivity contribution in [1.29, 1.82) is 0 Å². The van der Waals surface area contributed by atoms with E-state index in [2.05, 4.69) is 10.3 Å². The zero-order valence-corrected chi connectivity index (χ0v) is 12.3. The van der Waals surface area contributed by atoms with Crippen LogP contribution in [-0.2, 0) is 0 Å². The molecule has 0 fully saturated rings. The third kappa shape index (κ3) is 3.03. The summed E-state index contributed by atoms with van der Waals surface area (Å²) in [5.41, 5.74) is 9.48. The summed E-state index contributed by atoms with van der Waals surface area (Å²) in [5.74, 6) is 0.651. The molecule has 1 aromatic carbocycles. The van der Waals surface area contributed by atoms with Crippen molar-refractivity contribution in [3.8, 4) is 0 Å². The van der Waals surface area contributed by atoms with E-state index < -0.39 is 0 Å². The Kier molecular flexibility index (Phi) is 4.02. The first-order chi connectivity index (χ1) is 8.99. The summed E-state index contributed by atoms with van der Waals surface area (Å²) in [7, 11) is 0. The third-order valence-corrected chi connectivity index (χ3v) is 3.30. The molecule has 2 aromatic rings. The molecule has 0 radical (unpaired) electrons. The van der Waals surface area contributed by atoms with Gasteiger partial charge in [0.05, 0.1) is 5.56 Å². The lowest BCUT2D eigenvalue weighted by Gasteiger charge is -2.14. The summed E-state index contributed by atoms with van der Waals surface area (Å²) in [5, 5.41) is 3.91. The first-order valence-electron chi connectivity index (χ1n) is 5.77. The van der Waals surface area contributed by atoms with Crippen molar-refractivity contribution in [2.24, 2.45) is 5.73 Å². The lowest BCUT2D eigenvalue weighted by Crippen LogP contribution is -2.15. The molecule has 1 aromatic heterocycles. The molecule has 19 heavy (non-hydrogen) atoms. The van der Waals surface area contributed by atoms with Crippen molar-refractivity contribution >= 4 is 40.3 Å². The van der Waals surface area contributed by atoms with Gasteiger partial charge in [0.25, 0.3) is 0 Å². The summed E-state index contributed by atoms with van der Waals surface area (Å²) in [4.78, 5) is 4.63. The summed E-state index contributed by atoms with van der Waals surface area (Å²) >= 11 is 11.1. The minimum absolute atomic E-state index is 0.327. The summed E-state index contributed by atoms with van der Waals surface area (Å²) in [6.07, 6.45) is 1.72. The second-order valence-corrected chi connectivity index (χ2v) is 5.18. The minimum Gasteiger partial charge on any atom is -0.389 e. The van der Waals surface area contributed by atoms with E-state index in [0.29, 0.717) is 15.8 Å². The maximum Gasteiger partial charge on any atom is 0.140 e. The Morgan fingerprint density at radius 3 is 2.68 bits per heavy atom. The van der Waals surface area contributed by atoms with Crippen molar-refractivity contribution in [1.82, 2.24) is 4.98 Å². The van der Waals surface area contributed by atoms with Crippen LogP contribution in [0.25, 0.3) is 0 Å². The van der Waals surface area contributed by atoms with Gasteiger partial charge in [-0.2, -0.15) is 0 Å². The molecule has 5 heteroatoms. The van der Waals surface area contributed by atoms with Gasteiger partial charge in [-0.1, -0.05) is 29.9 Å². The molecule has 3 N–H and O–H groups in total. The van der Waals surface area contributed by atoms with Gasteiger partial charge >= 0.3 is 0 Å². The molecule has 2 rings (SSSR count). The van der Waals surface area contributed by atoms with Gasteiger partial charge in [-0.15, -0.1) is 0 Å². The maximum absolute atomic E-state index is 6.01. The van der Waals surface area contributed by atoms with Crippen LogP contribution in [0.3, 0.4) is 0 Å². The molecule has 0 spiro atoms. The first-order valence-corrected chi connectivity index (χ1v) is 6.56. The number of nitrogens with one attached hydrogen (secondary N) is 1. The van der Waals surface area contributed by atoms with Crippen LogP contribution in [0.4, 0.5) is 11.5 Å². The molecule has 3 nitrogen and oxygen atoms in total. The van der Waals surface area contributed by atoms with Gasteiger partial charge in [-0.25, -0.2) is 4.98 Å². The summed E-state index contributed by atoms with van der Waals surface area (Å²) < 4.78 is 0. The van der Waals surface area contributed by atoms with E-state index in [-0.39, 0.29) is 0 Å². The van der Waals surface area contributed by atoms with E-state index in [0.717, 1.165) is 22.4 Å². The molecular weight excluding hydrogens is 278 g/mol. The number of halogens is 1. The van der Waals surface area contributed by atoms with E-state index in [1.54, 1.807) is 6.20 Å². The van der Waals surface area contributed by atoms with Gasteiger partial charge in [0.2, 0.25) is 0 Å². The largest absolute Gasteiger partial charge is 0.389 e. The van der Waals surface area contributed by atoms with Crippen LogP contribution in [0.15, 0.2) is 30.5 Å². The fraction of sp³-hybridized carbons (Fsp3) is 0.143. The molecule has 0 aliphatic rings. The lowest BCUT2D eigenvalue weighted by molar-refractivity contribution is 1.25. The van der Waals surface area contributed by atoms with Gasteiger partial charge in [-0.3, -0.25) is 0 Å². The SMILES string of the molecule is Cc1ccc(Cl)cc1Nc1nccc(C)c1C(N)=S. The number of rotatable bonds is 3. The van der Waals surface area contributed by atoms with Crippen LogP contribution in [0, 0.1) is 13.8 Å². The lowest BCUT2D eigenvalue weighted by atomic mass is 10.1. The molecular formula is C14H14ClN3S. The third-order valence-electron chi connectivity index (χ3n) is 2.86. The van der Waals surface area contributed by atoms with E-state index in [1.165, 1.54) is 0 Å². The fourth-order valence-electron chi connectivity index (χ4n) is 1.82. The number of benzene rings is 1. The Bertz CT molecular complexity index is 641. The van der Waals surface area contributed by atoms with Gasteiger partial charge < -0.3 is 11.1 Å². The van der Waals surface area contributed by atoms with Crippen molar-refractivity contribution in [3.63, 3.8) is 0 Å². The monoisotopic (exact) mass is 291 g/mol. The predicted octanol–water partition coefficient (Wildman–Crippen LogP) is 3.73. The van der Waals surface area contributed by atoms with E-state index in [1.807, 2.05) is 38.1 Å². The van der Waals surface area contributed by atoms with E-state index >= 15 is 0 Å². The van der Waals surface area contributed by atoms with Crippen molar-refractivity contribution in [2.45, 2.75) is 13.8 Å². The zero-order valence-electron chi connectivity index (χ0n) is 10.7. The molecule has 0 atom stereocenters. The Morgan fingerprint density at radius 2 is 2.00 bits per heavy atom. The quantitative estimate of drug-likeness (QED) is 0.846.